The van der Waals surface area contributed by atoms with Gasteiger partial charge in [0.15, 0.2) is 5.60 Å². The largest absolute Gasteiger partial charge is 0.421 e. The smallest absolute Gasteiger partial charge is 0.397 e. The molecule has 0 heterocycles. The molecular weight excluding hydrogens is 341 g/mol. The maximum absolute atomic E-state index is 13.5. The van der Waals surface area contributed by atoms with E-state index in [4.69, 9.17) is 5.73 Å². The third kappa shape index (κ3) is 4.79. The molecule has 0 saturated heterocycles. The van der Waals surface area contributed by atoms with Gasteiger partial charge in [-0.15, -0.1) is 0 Å². The van der Waals surface area contributed by atoms with E-state index in [1.165, 1.54) is 25.2 Å². The number of halogens is 3. The van der Waals surface area contributed by atoms with E-state index < -0.39 is 18.2 Å². The molecule has 1 aromatic rings. The zero-order chi connectivity index (χ0) is 20.0. The molecule has 0 saturated carbocycles. The number of para-hydroxylation sites is 1. The molecule has 142 valence electrons. The van der Waals surface area contributed by atoms with Gasteiger partial charge in [-0.05, 0) is 37.6 Å². The van der Waals surface area contributed by atoms with Crippen LogP contribution in [0.3, 0.4) is 0 Å². The zero-order valence-corrected chi connectivity index (χ0v) is 15.2. The van der Waals surface area contributed by atoms with E-state index in [1.54, 1.807) is 18.9 Å². The lowest BCUT2D eigenvalue weighted by Crippen LogP contribution is -2.46. The SMILES string of the molecule is C=C(/C(N)=C\C(=C/C)C(O)(C/C=C\C)C(F)(F)F)N(C)c1ccccc1. The van der Waals surface area contributed by atoms with Gasteiger partial charge in [0.25, 0.3) is 0 Å². The highest BCUT2D eigenvalue weighted by Crippen LogP contribution is 2.40. The fraction of sp³-hybridized carbons (Fsp3) is 0.300. The Kier molecular flexibility index (Phi) is 7.27. The van der Waals surface area contributed by atoms with Crippen LogP contribution >= 0.6 is 0 Å². The van der Waals surface area contributed by atoms with Crippen molar-refractivity contribution in [2.75, 3.05) is 11.9 Å². The summed E-state index contributed by atoms with van der Waals surface area (Å²) in [6, 6.07) is 9.16. The lowest BCUT2D eigenvalue weighted by Gasteiger charge is -2.31. The Labute approximate surface area is 152 Å². The van der Waals surface area contributed by atoms with Crippen molar-refractivity contribution in [1.29, 1.82) is 0 Å². The summed E-state index contributed by atoms with van der Waals surface area (Å²) in [5, 5.41) is 10.3. The Hall–Kier alpha value is -2.47. The molecule has 0 aliphatic heterocycles. The molecule has 0 aromatic heterocycles. The first-order valence-electron chi connectivity index (χ1n) is 8.10. The Bertz CT molecular complexity index is 706. The normalized spacial score (nSPS) is 15.8. The number of likely N-dealkylation sites (N-methyl/N-ethyl adjacent to an activating group) is 1. The van der Waals surface area contributed by atoms with E-state index in [-0.39, 0.29) is 11.3 Å². The van der Waals surface area contributed by atoms with E-state index in [9.17, 15) is 18.3 Å². The number of nitrogens with two attached hydrogens (primary N) is 1. The Morgan fingerprint density at radius 2 is 1.81 bits per heavy atom. The quantitative estimate of drug-likeness (QED) is 0.544. The van der Waals surface area contributed by atoms with Gasteiger partial charge in [0, 0.05) is 19.2 Å². The van der Waals surface area contributed by atoms with Crippen LogP contribution in [0.25, 0.3) is 0 Å². The maximum atomic E-state index is 13.5. The van der Waals surface area contributed by atoms with Gasteiger partial charge in [-0.2, -0.15) is 13.2 Å². The monoisotopic (exact) mass is 366 g/mol. The van der Waals surface area contributed by atoms with E-state index in [1.807, 2.05) is 30.3 Å². The van der Waals surface area contributed by atoms with E-state index in [0.717, 1.165) is 11.8 Å². The van der Waals surface area contributed by atoms with Gasteiger partial charge in [0.05, 0.1) is 11.4 Å². The average Bonchev–Trinajstić information content (AvgIpc) is 2.62. The van der Waals surface area contributed by atoms with Crippen molar-refractivity contribution in [2.45, 2.75) is 32.0 Å². The first-order valence-corrected chi connectivity index (χ1v) is 8.10. The summed E-state index contributed by atoms with van der Waals surface area (Å²) in [5.74, 6) is 0. The standard InChI is InChI=1S/C20H25F3N2O/c1-5-7-13-19(26,20(21,22)23)16(6-2)14-18(24)15(3)25(4)17-11-9-8-10-12-17/h5-12,14,26H,3,13,24H2,1-2,4H3/b7-5-,16-6+,18-14+. The van der Waals surface area contributed by atoms with Gasteiger partial charge >= 0.3 is 6.18 Å². The number of aliphatic hydroxyl groups is 1. The lowest BCUT2D eigenvalue weighted by atomic mass is 9.88. The van der Waals surface area contributed by atoms with Crippen molar-refractivity contribution < 1.29 is 18.3 Å². The van der Waals surface area contributed by atoms with Crippen LogP contribution in [0.15, 0.2) is 78.2 Å². The van der Waals surface area contributed by atoms with Crippen molar-refractivity contribution >= 4 is 5.69 Å². The molecule has 3 N–H and O–H groups in total. The van der Waals surface area contributed by atoms with Crippen LogP contribution in [-0.4, -0.2) is 23.9 Å². The second-order valence-electron chi connectivity index (χ2n) is 5.82. The molecule has 0 bridgehead atoms. The molecule has 1 unspecified atom stereocenters. The summed E-state index contributed by atoms with van der Waals surface area (Å²) < 4.78 is 40.5. The molecule has 0 fully saturated rings. The molecule has 0 aliphatic rings. The van der Waals surface area contributed by atoms with Crippen molar-refractivity contribution in [3.63, 3.8) is 0 Å². The van der Waals surface area contributed by atoms with Gasteiger partial charge in [-0.3, -0.25) is 0 Å². The lowest BCUT2D eigenvalue weighted by molar-refractivity contribution is -0.241. The number of alkyl halides is 3. The molecule has 0 radical (unpaired) electrons. The molecule has 0 aliphatic carbocycles. The van der Waals surface area contributed by atoms with Crippen LogP contribution in [0.1, 0.15) is 20.3 Å². The Morgan fingerprint density at radius 1 is 1.23 bits per heavy atom. The molecule has 1 aromatic carbocycles. The fourth-order valence-corrected chi connectivity index (χ4v) is 2.38. The van der Waals surface area contributed by atoms with Crippen molar-refractivity contribution in [3.8, 4) is 0 Å². The van der Waals surface area contributed by atoms with E-state index in [2.05, 4.69) is 6.58 Å². The summed E-state index contributed by atoms with van der Waals surface area (Å²) in [6.45, 7) is 6.87. The highest BCUT2D eigenvalue weighted by atomic mass is 19.4. The van der Waals surface area contributed by atoms with Gasteiger partial charge in [0.2, 0.25) is 0 Å². The van der Waals surface area contributed by atoms with Gasteiger partial charge < -0.3 is 15.7 Å². The summed E-state index contributed by atoms with van der Waals surface area (Å²) in [4.78, 5) is 1.66. The highest BCUT2D eigenvalue weighted by molar-refractivity contribution is 5.55. The Morgan fingerprint density at radius 3 is 2.27 bits per heavy atom. The van der Waals surface area contributed by atoms with Crippen LogP contribution in [-0.2, 0) is 0 Å². The number of nitrogens with zero attached hydrogens (tertiary/aromatic N) is 1. The third-order valence-corrected chi connectivity index (χ3v) is 4.10. The number of anilines is 1. The number of hydrogen-bond acceptors (Lipinski definition) is 3. The van der Waals surface area contributed by atoms with Crippen LogP contribution < -0.4 is 10.6 Å². The summed E-state index contributed by atoms with van der Waals surface area (Å²) in [7, 11) is 1.71. The predicted molar refractivity (Wildman–Crippen MR) is 100 cm³/mol. The van der Waals surface area contributed by atoms with Gasteiger partial charge in [-0.1, -0.05) is 43.0 Å². The molecule has 1 rings (SSSR count). The number of benzene rings is 1. The van der Waals surface area contributed by atoms with E-state index >= 15 is 0 Å². The molecule has 26 heavy (non-hydrogen) atoms. The fourth-order valence-electron chi connectivity index (χ4n) is 2.38. The molecule has 0 amide bonds. The van der Waals surface area contributed by atoms with Gasteiger partial charge in [-0.25, -0.2) is 0 Å². The van der Waals surface area contributed by atoms with Crippen LogP contribution in [0.5, 0.6) is 0 Å². The number of hydrogen-bond donors (Lipinski definition) is 2. The molecular formula is C20H25F3N2O. The summed E-state index contributed by atoms with van der Waals surface area (Å²) >= 11 is 0. The van der Waals surface area contributed by atoms with Crippen molar-refractivity contribution in [1.82, 2.24) is 0 Å². The predicted octanol–water partition coefficient (Wildman–Crippen LogP) is 4.69. The number of rotatable bonds is 7. The molecule has 6 heteroatoms. The molecule has 3 nitrogen and oxygen atoms in total. The summed E-state index contributed by atoms with van der Waals surface area (Å²) in [5.41, 5.74) is 3.78. The maximum Gasteiger partial charge on any atom is 0.421 e. The third-order valence-electron chi connectivity index (χ3n) is 4.10. The first kappa shape index (κ1) is 21.6. The van der Waals surface area contributed by atoms with Crippen molar-refractivity contribution in [3.05, 3.63) is 78.2 Å². The van der Waals surface area contributed by atoms with Crippen LogP contribution in [0, 0.1) is 0 Å². The Balaban J connectivity index is 3.22. The second kappa shape index (κ2) is 8.76. The van der Waals surface area contributed by atoms with Crippen LogP contribution in [0.2, 0.25) is 0 Å². The molecule has 0 spiro atoms. The van der Waals surface area contributed by atoms with Crippen LogP contribution in [0.4, 0.5) is 18.9 Å². The minimum atomic E-state index is -4.85. The zero-order valence-electron chi connectivity index (χ0n) is 15.2. The topological polar surface area (TPSA) is 49.5 Å². The number of allylic oxidation sites excluding steroid dienone is 2. The van der Waals surface area contributed by atoms with Gasteiger partial charge in [0.1, 0.15) is 0 Å². The second-order valence-corrected chi connectivity index (χ2v) is 5.82. The average molecular weight is 366 g/mol. The first-order chi connectivity index (χ1) is 12.1. The summed E-state index contributed by atoms with van der Waals surface area (Å²) in [6.07, 6.45) is -0.390. The van der Waals surface area contributed by atoms with Crippen molar-refractivity contribution in [2.24, 2.45) is 5.73 Å². The molecule has 1 atom stereocenters. The highest BCUT2D eigenvalue weighted by Gasteiger charge is 2.54. The van der Waals surface area contributed by atoms with E-state index in [0.29, 0.717) is 5.70 Å². The minimum absolute atomic E-state index is 0.0348. The minimum Gasteiger partial charge on any atom is -0.397 e.